The van der Waals surface area contributed by atoms with Crippen LogP contribution in [0.3, 0.4) is 0 Å². The quantitative estimate of drug-likeness (QED) is 0.387. The van der Waals surface area contributed by atoms with Crippen LogP contribution in [0.15, 0.2) is 17.3 Å². The molecule has 0 aromatic heterocycles. The average molecular weight is 193 g/mol. The van der Waals surface area contributed by atoms with Crippen molar-refractivity contribution in [2.24, 2.45) is 28.3 Å². The summed E-state index contributed by atoms with van der Waals surface area (Å²) in [5, 5.41) is 12.6. The van der Waals surface area contributed by atoms with Crippen LogP contribution in [0.25, 0.3) is 0 Å². The van der Waals surface area contributed by atoms with Gasteiger partial charge < -0.3 is 5.21 Å². The third-order valence-corrected chi connectivity index (χ3v) is 4.25. The lowest BCUT2D eigenvalue weighted by molar-refractivity contribution is 0.0908. The predicted octanol–water partition coefficient (Wildman–Crippen LogP) is 3.07. The van der Waals surface area contributed by atoms with Gasteiger partial charge in [0.2, 0.25) is 0 Å². The molecule has 3 unspecified atom stereocenters. The Morgan fingerprint density at radius 1 is 1.57 bits per heavy atom. The zero-order valence-corrected chi connectivity index (χ0v) is 9.20. The largest absolute Gasteiger partial charge is 0.411 e. The monoisotopic (exact) mass is 193 g/mol. The van der Waals surface area contributed by atoms with E-state index in [9.17, 15) is 0 Å². The maximum Gasteiger partial charge on any atom is 0.0675 e. The number of oxime groups is 1. The molecule has 2 nitrogen and oxygen atoms in total. The summed E-state index contributed by atoms with van der Waals surface area (Å²) >= 11 is 0. The maximum absolute atomic E-state index is 9.07. The molecule has 2 heteroatoms. The normalized spacial score (nSPS) is 43.9. The molecule has 2 rings (SSSR count). The van der Waals surface area contributed by atoms with Crippen molar-refractivity contribution >= 4 is 5.71 Å². The van der Waals surface area contributed by atoms with Crippen LogP contribution < -0.4 is 0 Å². The van der Waals surface area contributed by atoms with Crippen LogP contribution in [0, 0.1) is 23.2 Å². The number of allylic oxidation sites excluding steroid dienone is 2. The summed E-state index contributed by atoms with van der Waals surface area (Å²) in [7, 11) is 0. The van der Waals surface area contributed by atoms with Gasteiger partial charge >= 0.3 is 0 Å². The molecule has 1 N–H and O–H groups in total. The Balaban J connectivity index is 2.39. The van der Waals surface area contributed by atoms with Crippen LogP contribution in [0.4, 0.5) is 0 Å². The lowest BCUT2D eigenvalue weighted by Crippen LogP contribution is -2.59. The van der Waals surface area contributed by atoms with Gasteiger partial charge in [-0.3, -0.25) is 0 Å². The molecule has 0 aromatic rings. The van der Waals surface area contributed by atoms with E-state index in [1.807, 2.05) is 0 Å². The second kappa shape index (κ2) is 3.11. The summed E-state index contributed by atoms with van der Waals surface area (Å²) in [5.41, 5.74) is 1.20. The van der Waals surface area contributed by atoms with E-state index in [0.29, 0.717) is 17.8 Å². The van der Waals surface area contributed by atoms with E-state index in [4.69, 9.17) is 5.21 Å². The number of fused-ring (bicyclic) bond motifs is 1. The highest BCUT2D eigenvalue weighted by Crippen LogP contribution is 2.58. The first kappa shape index (κ1) is 9.75. The molecule has 0 aliphatic heterocycles. The van der Waals surface area contributed by atoms with Gasteiger partial charge in [-0.1, -0.05) is 38.1 Å². The first-order chi connectivity index (χ1) is 6.64. The highest BCUT2D eigenvalue weighted by Gasteiger charge is 2.58. The molecule has 0 radical (unpaired) electrons. The number of hydrogen-bond donors (Lipinski definition) is 1. The van der Waals surface area contributed by atoms with E-state index in [-0.39, 0.29) is 5.41 Å². The van der Waals surface area contributed by atoms with Gasteiger partial charge in [0.15, 0.2) is 0 Å². The molecule has 3 atom stereocenters. The van der Waals surface area contributed by atoms with Gasteiger partial charge in [-0.05, 0) is 24.7 Å². The molecule has 2 aliphatic rings. The number of nitrogens with zero attached hydrogens (tertiary/aromatic N) is 1. The third kappa shape index (κ3) is 0.943. The SMILES string of the molecule is CC1/C(=N\O)C2(C(C)C)CCC=CC12. The van der Waals surface area contributed by atoms with Gasteiger partial charge in [0, 0.05) is 11.3 Å². The van der Waals surface area contributed by atoms with E-state index < -0.39 is 0 Å². The van der Waals surface area contributed by atoms with Crippen LogP contribution in [-0.4, -0.2) is 10.9 Å². The van der Waals surface area contributed by atoms with Crippen molar-refractivity contribution in [2.75, 3.05) is 0 Å². The molecule has 14 heavy (non-hydrogen) atoms. The molecule has 78 valence electrons. The van der Waals surface area contributed by atoms with Gasteiger partial charge in [0.25, 0.3) is 0 Å². The van der Waals surface area contributed by atoms with Crippen molar-refractivity contribution in [1.82, 2.24) is 0 Å². The van der Waals surface area contributed by atoms with Gasteiger partial charge in [0.1, 0.15) is 0 Å². The van der Waals surface area contributed by atoms with Crippen molar-refractivity contribution < 1.29 is 5.21 Å². The van der Waals surface area contributed by atoms with Crippen molar-refractivity contribution in [2.45, 2.75) is 33.6 Å². The van der Waals surface area contributed by atoms with Crippen LogP contribution in [0.5, 0.6) is 0 Å². The van der Waals surface area contributed by atoms with E-state index in [0.717, 1.165) is 18.6 Å². The Morgan fingerprint density at radius 2 is 2.29 bits per heavy atom. The second-order valence-electron chi connectivity index (χ2n) is 4.96. The van der Waals surface area contributed by atoms with Gasteiger partial charge in [-0.2, -0.15) is 0 Å². The Kier molecular flexibility index (Phi) is 2.17. The van der Waals surface area contributed by atoms with Crippen molar-refractivity contribution in [3.63, 3.8) is 0 Å². The second-order valence-corrected chi connectivity index (χ2v) is 4.96. The average Bonchev–Trinajstić information content (AvgIpc) is 2.17. The summed E-state index contributed by atoms with van der Waals surface area (Å²) in [4.78, 5) is 0. The summed E-state index contributed by atoms with van der Waals surface area (Å²) in [6.45, 7) is 6.64. The van der Waals surface area contributed by atoms with Crippen molar-refractivity contribution in [3.8, 4) is 0 Å². The minimum Gasteiger partial charge on any atom is -0.411 e. The summed E-state index contributed by atoms with van der Waals surface area (Å²) in [6.07, 6.45) is 6.87. The topological polar surface area (TPSA) is 32.6 Å². The molecular formula is C12H19NO. The molecular weight excluding hydrogens is 174 g/mol. The predicted molar refractivity (Wildman–Crippen MR) is 57.5 cm³/mol. The van der Waals surface area contributed by atoms with Crippen LogP contribution in [-0.2, 0) is 0 Å². The van der Waals surface area contributed by atoms with Crippen LogP contribution >= 0.6 is 0 Å². The minimum atomic E-state index is 0.170. The Bertz CT molecular complexity index is 293. The van der Waals surface area contributed by atoms with E-state index in [2.05, 4.69) is 38.1 Å². The molecule has 0 bridgehead atoms. The fraction of sp³-hybridized carbons (Fsp3) is 0.750. The van der Waals surface area contributed by atoms with E-state index in [1.54, 1.807) is 0 Å². The fourth-order valence-electron chi connectivity index (χ4n) is 3.47. The van der Waals surface area contributed by atoms with Gasteiger partial charge in [-0.25, -0.2) is 0 Å². The molecule has 1 fully saturated rings. The molecule has 0 saturated heterocycles. The zero-order chi connectivity index (χ0) is 10.3. The van der Waals surface area contributed by atoms with Crippen LogP contribution in [0.2, 0.25) is 0 Å². The third-order valence-electron chi connectivity index (χ3n) is 4.25. The molecule has 1 saturated carbocycles. The lowest BCUT2D eigenvalue weighted by Gasteiger charge is -2.57. The zero-order valence-electron chi connectivity index (χ0n) is 9.20. The standard InChI is InChI=1S/C12H19NO/c1-8(2)12-7-5-4-6-10(12)9(3)11(12)13-14/h4,6,8-10,14H,5,7H2,1-3H3/b13-11+. The lowest BCUT2D eigenvalue weighted by atomic mass is 9.45. The van der Waals surface area contributed by atoms with E-state index >= 15 is 0 Å². The minimum absolute atomic E-state index is 0.170. The summed E-state index contributed by atoms with van der Waals surface area (Å²) in [6, 6.07) is 0. The fourth-order valence-corrected chi connectivity index (χ4v) is 3.47. The summed E-state index contributed by atoms with van der Waals surface area (Å²) < 4.78 is 0. The summed E-state index contributed by atoms with van der Waals surface area (Å²) in [5.74, 6) is 1.60. The molecule has 0 amide bonds. The van der Waals surface area contributed by atoms with Crippen LogP contribution in [0.1, 0.15) is 33.6 Å². The molecule has 0 spiro atoms. The maximum atomic E-state index is 9.07. The highest BCUT2D eigenvalue weighted by atomic mass is 16.4. The highest BCUT2D eigenvalue weighted by molar-refractivity contribution is 5.99. The van der Waals surface area contributed by atoms with E-state index in [1.165, 1.54) is 0 Å². The molecule has 2 aliphatic carbocycles. The van der Waals surface area contributed by atoms with Crippen molar-refractivity contribution in [3.05, 3.63) is 12.2 Å². The Labute approximate surface area is 85.7 Å². The Hall–Kier alpha value is -0.790. The smallest absolute Gasteiger partial charge is 0.0675 e. The van der Waals surface area contributed by atoms with Crippen molar-refractivity contribution in [1.29, 1.82) is 0 Å². The Morgan fingerprint density at radius 3 is 2.86 bits per heavy atom. The molecule has 0 heterocycles. The van der Waals surface area contributed by atoms with Gasteiger partial charge in [-0.15, -0.1) is 0 Å². The first-order valence-corrected chi connectivity index (χ1v) is 5.53. The molecule has 0 aromatic carbocycles. The number of rotatable bonds is 1. The first-order valence-electron chi connectivity index (χ1n) is 5.53. The number of hydrogen-bond acceptors (Lipinski definition) is 2. The van der Waals surface area contributed by atoms with Gasteiger partial charge in [0.05, 0.1) is 5.71 Å².